The second-order valence-electron chi connectivity index (χ2n) is 9.98. The number of hydrogen-bond donors (Lipinski definition) is 0. The van der Waals surface area contributed by atoms with E-state index in [1.807, 2.05) is 19.9 Å². The van der Waals surface area contributed by atoms with Crippen LogP contribution in [0.25, 0.3) is 0 Å². The van der Waals surface area contributed by atoms with Crippen LogP contribution >= 0.6 is 0 Å². The molecule has 2 aromatic carbocycles. The molecule has 1 saturated heterocycles. The Morgan fingerprint density at radius 2 is 1.56 bits per heavy atom. The lowest BCUT2D eigenvalue weighted by Gasteiger charge is -2.37. The van der Waals surface area contributed by atoms with Crippen LogP contribution in [0.15, 0.2) is 54.6 Å². The molecule has 2 saturated carbocycles. The molecular weight excluding hydrogens is 430 g/mol. The lowest BCUT2D eigenvalue weighted by atomic mass is 9.63. The normalized spacial score (nSPS) is 30.2. The molecule has 0 radical (unpaired) electrons. The summed E-state index contributed by atoms with van der Waals surface area (Å²) >= 11 is 0. The van der Waals surface area contributed by atoms with E-state index in [0.29, 0.717) is 17.4 Å². The number of allylic oxidation sites excluding steroid dienone is 2. The highest BCUT2D eigenvalue weighted by atomic mass is 16.5. The number of aryl methyl sites for hydroxylation is 2. The van der Waals surface area contributed by atoms with Gasteiger partial charge in [0.15, 0.2) is 12.4 Å². The summed E-state index contributed by atoms with van der Waals surface area (Å²) in [6.07, 6.45) is 5.33. The van der Waals surface area contributed by atoms with E-state index in [1.165, 1.54) is 11.0 Å². The molecule has 3 fully saturated rings. The van der Waals surface area contributed by atoms with E-state index >= 15 is 0 Å². The van der Waals surface area contributed by atoms with Crippen molar-refractivity contribution in [2.45, 2.75) is 20.3 Å². The molecule has 6 heteroatoms. The zero-order valence-electron chi connectivity index (χ0n) is 19.1. The first kappa shape index (κ1) is 21.0. The lowest BCUT2D eigenvalue weighted by Crippen LogP contribution is -2.40. The SMILES string of the molecule is Cc1ccc(C(=O)COC(=O)c2ccccc2N2C(=O)[C@@H]3[C@H]4C=C[C@@H]([C@@H]5C[C@@H]45)[C@H]3C2=O)cc1C. The minimum absolute atomic E-state index is 0.108. The number of carbonyl (C=O) groups excluding carboxylic acids is 4. The summed E-state index contributed by atoms with van der Waals surface area (Å²) in [7, 11) is 0. The van der Waals surface area contributed by atoms with Gasteiger partial charge in [0.25, 0.3) is 0 Å². The maximum absolute atomic E-state index is 13.5. The van der Waals surface area contributed by atoms with Crippen LogP contribution in [-0.4, -0.2) is 30.2 Å². The van der Waals surface area contributed by atoms with Crippen LogP contribution in [0.3, 0.4) is 0 Å². The molecule has 0 unspecified atom stereocenters. The van der Waals surface area contributed by atoms with Crippen LogP contribution in [-0.2, 0) is 14.3 Å². The van der Waals surface area contributed by atoms with Crippen LogP contribution in [0.4, 0.5) is 5.69 Å². The van der Waals surface area contributed by atoms with Gasteiger partial charge in [-0.25, -0.2) is 9.69 Å². The van der Waals surface area contributed by atoms with E-state index in [-0.39, 0.29) is 52.5 Å². The molecular formula is C28H25NO5. The van der Waals surface area contributed by atoms with Crippen molar-refractivity contribution in [3.63, 3.8) is 0 Å². The molecule has 7 rings (SSSR count). The largest absolute Gasteiger partial charge is 0.454 e. The molecule has 1 heterocycles. The molecule has 0 aromatic heterocycles. The number of nitrogens with zero attached hydrogens (tertiary/aromatic N) is 1. The van der Waals surface area contributed by atoms with Crippen molar-refractivity contribution in [1.29, 1.82) is 0 Å². The summed E-state index contributed by atoms with van der Waals surface area (Å²) in [5.74, 6) is -0.968. The van der Waals surface area contributed by atoms with Gasteiger partial charge in [0.05, 0.1) is 23.1 Å². The molecule has 6 atom stereocenters. The van der Waals surface area contributed by atoms with Crippen molar-refractivity contribution < 1.29 is 23.9 Å². The molecule has 2 bridgehead atoms. The minimum atomic E-state index is -0.729. The number of amides is 2. The predicted octanol–water partition coefficient (Wildman–Crippen LogP) is 3.90. The lowest BCUT2D eigenvalue weighted by molar-refractivity contribution is -0.124. The minimum Gasteiger partial charge on any atom is -0.454 e. The van der Waals surface area contributed by atoms with Gasteiger partial charge in [0.1, 0.15) is 0 Å². The van der Waals surface area contributed by atoms with Gasteiger partial charge < -0.3 is 4.74 Å². The Kier molecular flexibility index (Phi) is 4.63. The van der Waals surface area contributed by atoms with Gasteiger partial charge in [0.2, 0.25) is 11.8 Å². The molecule has 2 aromatic rings. The monoisotopic (exact) mass is 455 g/mol. The Morgan fingerprint density at radius 1 is 0.912 bits per heavy atom. The van der Waals surface area contributed by atoms with Crippen LogP contribution in [0.1, 0.15) is 38.3 Å². The average Bonchev–Trinajstić information content (AvgIpc) is 3.62. The fraction of sp³-hybridized carbons (Fsp3) is 0.357. The molecule has 34 heavy (non-hydrogen) atoms. The van der Waals surface area contributed by atoms with Gasteiger partial charge in [0, 0.05) is 5.56 Å². The third-order valence-electron chi connectivity index (χ3n) is 8.19. The quantitative estimate of drug-likeness (QED) is 0.296. The number of ketones is 1. The van der Waals surface area contributed by atoms with Gasteiger partial charge in [-0.05, 0) is 73.3 Å². The number of esters is 1. The first-order valence-electron chi connectivity index (χ1n) is 11.8. The first-order valence-corrected chi connectivity index (χ1v) is 11.8. The summed E-state index contributed by atoms with van der Waals surface area (Å²) < 4.78 is 5.33. The average molecular weight is 456 g/mol. The number of anilines is 1. The number of rotatable bonds is 5. The number of carbonyl (C=O) groups is 4. The molecule has 2 amide bonds. The Labute approximate surface area is 197 Å². The number of para-hydroxylation sites is 1. The third kappa shape index (κ3) is 3.01. The van der Waals surface area contributed by atoms with Gasteiger partial charge in [-0.2, -0.15) is 0 Å². The molecule has 172 valence electrons. The Morgan fingerprint density at radius 3 is 2.21 bits per heavy atom. The molecule has 0 N–H and O–H groups in total. The Bertz CT molecular complexity index is 1260. The van der Waals surface area contributed by atoms with Crippen molar-refractivity contribution in [2.24, 2.45) is 35.5 Å². The molecule has 4 aliphatic carbocycles. The summed E-state index contributed by atoms with van der Waals surface area (Å²) in [6.45, 7) is 3.46. The Hall–Kier alpha value is -3.54. The standard InChI is InChI=1S/C28H25NO5/c1-14-7-8-16(11-15(14)2)23(30)13-34-28(33)19-5-3-4-6-22(19)29-26(31)24-17-9-10-18(21-12-20(17)21)25(24)27(29)32/h3-11,17-18,20-21,24-25H,12-13H2,1-2H3/t17-,18-,20-,21-,24+,25+/m0/s1. The molecule has 6 nitrogen and oxygen atoms in total. The second kappa shape index (κ2) is 7.49. The summed E-state index contributed by atoms with van der Waals surface area (Å²) in [4.78, 5) is 53.6. The number of benzene rings is 2. The van der Waals surface area contributed by atoms with Crippen molar-refractivity contribution in [3.05, 3.63) is 76.9 Å². The maximum atomic E-state index is 13.5. The van der Waals surface area contributed by atoms with E-state index in [0.717, 1.165) is 17.5 Å². The molecule has 0 spiro atoms. The Balaban J connectivity index is 1.23. The van der Waals surface area contributed by atoms with Crippen LogP contribution in [0.2, 0.25) is 0 Å². The zero-order valence-corrected chi connectivity index (χ0v) is 19.1. The summed E-state index contributed by atoms with van der Waals surface area (Å²) in [5.41, 5.74) is 2.88. The highest BCUT2D eigenvalue weighted by Crippen LogP contribution is 2.65. The van der Waals surface area contributed by atoms with E-state index in [1.54, 1.807) is 30.3 Å². The number of ether oxygens (including phenoxy) is 1. The number of hydrogen-bond acceptors (Lipinski definition) is 5. The zero-order chi connectivity index (χ0) is 23.7. The van der Waals surface area contributed by atoms with E-state index in [4.69, 9.17) is 4.74 Å². The summed E-state index contributed by atoms with van der Waals surface area (Å²) in [6, 6.07) is 11.8. The van der Waals surface area contributed by atoms with Gasteiger partial charge in [-0.3, -0.25) is 14.4 Å². The second-order valence-corrected chi connectivity index (χ2v) is 9.98. The van der Waals surface area contributed by atoms with Crippen LogP contribution in [0, 0.1) is 49.4 Å². The highest BCUT2D eigenvalue weighted by Gasteiger charge is 2.67. The van der Waals surface area contributed by atoms with Crippen molar-refractivity contribution >= 4 is 29.3 Å². The van der Waals surface area contributed by atoms with Crippen molar-refractivity contribution in [2.75, 3.05) is 11.5 Å². The fourth-order valence-electron chi connectivity index (χ4n) is 6.24. The van der Waals surface area contributed by atoms with Crippen LogP contribution in [0.5, 0.6) is 0 Å². The third-order valence-corrected chi connectivity index (χ3v) is 8.19. The van der Waals surface area contributed by atoms with Gasteiger partial charge in [-0.1, -0.05) is 36.4 Å². The molecule has 5 aliphatic rings. The first-order chi connectivity index (χ1) is 16.4. The van der Waals surface area contributed by atoms with Crippen LogP contribution < -0.4 is 4.90 Å². The van der Waals surface area contributed by atoms with E-state index in [2.05, 4.69) is 12.2 Å². The highest BCUT2D eigenvalue weighted by molar-refractivity contribution is 6.24. The van der Waals surface area contributed by atoms with E-state index < -0.39 is 12.6 Å². The van der Waals surface area contributed by atoms with Crippen molar-refractivity contribution in [1.82, 2.24) is 0 Å². The predicted molar refractivity (Wildman–Crippen MR) is 124 cm³/mol. The van der Waals surface area contributed by atoms with Gasteiger partial charge in [-0.15, -0.1) is 0 Å². The molecule has 1 aliphatic heterocycles. The van der Waals surface area contributed by atoms with E-state index in [9.17, 15) is 19.2 Å². The topological polar surface area (TPSA) is 80.8 Å². The number of imide groups is 1. The maximum Gasteiger partial charge on any atom is 0.340 e. The summed E-state index contributed by atoms with van der Waals surface area (Å²) in [5, 5.41) is 0. The fourth-order valence-corrected chi connectivity index (χ4v) is 6.24. The van der Waals surface area contributed by atoms with Gasteiger partial charge >= 0.3 is 5.97 Å². The smallest absolute Gasteiger partial charge is 0.340 e. The number of Topliss-reactive ketones (excluding diaryl/α,β-unsaturated/α-hetero) is 1. The van der Waals surface area contributed by atoms with Crippen molar-refractivity contribution in [3.8, 4) is 0 Å².